The molecule has 18 heavy (non-hydrogen) atoms. The van der Waals surface area contributed by atoms with Crippen molar-refractivity contribution >= 4 is 6.08 Å². The lowest BCUT2D eigenvalue weighted by atomic mass is 10.0. The summed E-state index contributed by atoms with van der Waals surface area (Å²) in [5, 5.41) is 0. The van der Waals surface area contributed by atoms with E-state index in [0.29, 0.717) is 6.04 Å². The molecular formula is C16H22N2. The summed E-state index contributed by atoms with van der Waals surface area (Å²) in [6, 6.07) is 9.43. The minimum absolute atomic E-state index is 0.631. The van der Waals surface area contributed by atoms with Gasteiger partial charge in [-0.05, 0) is 31.0 Å². The van der Waals surface area contributed by atoms with E-state index in [1.165, 1.54) is 50.1 Å². The second-order valence-corrected chi connectivity index (χ2v) is 5.50. The summed E-state index contributed by atoms with van der Waals surface area (Å²) < 4.78 is 0. The van der Waals surface area contributed by atoms with Gasteiger partial charge in [0.25, 0.3) is 0 Å². The van der Waals surface area contributed by atoms with Crippen LogP contribution in [0.4, 0.5) is 0 Å². The molecule has 1 aromatic carbocycles. The van der Waals surface area contributed by atoms with Crippen LogP contribution < -0.4 is 0 Å². The van der Waals surface area contributed by atoms with Crippen LogP contribution in [0.5, 0.6) is 0 Å². The van der Waals surface area contributed by atoms with Crippen molar-refractivity contribution in [2.75, 3.05) is 33.2 Å². The molecule has 2 heteroatoms. The Morgan fingerprint density at radius 3 is 2.67 bits per heavy atom. The minimum Gasteiger partial charge on any atom is -0.304 e. The number of benzene rings is 1. The van der Waals surface area contributed by atoms with Crippen molar-refractivity contribution < 1.29 is 0 Å². The van der Waals surface area contributed by atoms with Crippen LogP contribution in [-0.2, 0) is 6.42 Å². The lowest BCUT2D eigenvalue weighted by molar-refractivity contribution is 0.126. The predicted octanol–water partition coefficient (Wildman–Crippen LogP) is 2.26. The van der Waals surface area contributed by atoms with Gasteiger partial charge in [-0.1, -0.05) is 36.4 Å². The number of likely N-dealkylation sites (N-methyl/N-ethyl adjacent to an activating group) is 1. The molecule has 1 fully saturated rings. The number of fused-ring (bicyclic) bond motifs is 1. The number of aryl methyl sites for hydroxylation is 1. The smallest absolute Gasteiger partial charge is 0.0285 e. The van der Waals surface area contributed by atoms with Gasteiger partial charge < -0.3 is 4.90 Å². The molecular weight excluding hydrogens is 220 g/mol. The Morgan fingerprint density at radius 2 is 1.83 bits per heavy atom. The fraction of sp³-hybridized carbons (Fsp3) is 0.500. The first kappa shape index (κ1) is 11.9. The highest BCUT2D eigenvalue weighted by Gasteiger charge is 2.21. The summed E-state index contributed by atoms with van der Waals surface area (Å²) in [5.41, 5.74) is 2.92. The molecule has 0 saturated carbocycles. The molecule has 1 unspecified atom stereocenters. The van der Waals surface area contributed by atoms with Gasteiger partial charge in [-0.2, -0.15) is 0 Å². The first-order valence-electron chi connectivity index (χ1n) is 7.01. The zero-order chi connectivity index (χ0) is 12.4. The highest BCUT2D eigenvalue weighted by Crippen LogP contribution is 2.22. The molecule has 96 valence electrons. The Morgan fingerprint density at radius 1 is 1.06 bits per heavy atom. The van der Waals surface area contributed by atoms with Crippen molar-refractivity contribution in [2.45, 2.75) is 18.9 Å². The number of rotatable bonds is 1. The van der Waals surface area contributed by atoms with Gasteiger partial charge in [0, 0.05) is 32.2 Å². The maximum Gasteiger partial charge on any atom is 0.0285 e. The molecule has 1 atom stereocenters. The molecule has 0 radical (unpaired) electrons. The standard InChI is InChI=1S/C16H22N2/c1-17-10-12-18(13-11-17)16-8-6-14-4-2-3-5-15(14)7-9-16/h2-6,8,16H,7,9-13H2,1H3. The second-order valence-electron chi connectivity index (χ2n) is 5.50. The largest absolute Gasteiger partial charge is 0.304 e. The van der Waals surface area contributed by atoms with E-state index in [-0.39, 0.29) is 0 Å². The lowest BCUT2D eigenvalue weighted by Crippen LogP contribution is -2.48. The van der Waals surface area contributed by atoms with Crippen LogP contribution in [0, 0.1) is 0 Å². The van der Waals surface area contributed by atoms with Crippen LogP contribution in [-0.4, -0.2) is 49.1 Å². The van der Waals surface area contributed by atoms with E-state index >= 15 is 0 Å². The third-order valence-electron chi connectivity index (χ3n) is 4.27. The minimum atomic E-state index is 0.631. The summed E-state index contributed by atoms with van der Waals surface area (Å²) in [6.07, 6.45) is 7.21. The monoisotopic (exact) mass is 242 g/mol. The number of hydrogen-bond donors (Lipinski definition) is 0. The normalized spacial score (nSPS) is 25.7. The molecule has 0 N–H and O–H groups in total. The third-order valence-corrected chi connectivity index (χ3v) is 4.27. The SMILES string of the molecule is CN1CCN(C2C=Cc3ccccc3CC2)CC1. The van der Waals surface area contributed by atoms with Crippen molar-refractivity contribution in [3.63, 3.8) is 0 Å². The maximum atomic E-state index is 2.64. The van der Waals surface area contributed by atoms with Crippen LogP contribution in [0.1, 0.15) is 17.5 Å². The van der Waals surface area contributed by atoms with Crippen LogP contribution in [0.3, 0.4) is 0 Å². The molecule has 1 saturated heterocycles. The highest BCUT2D eigenvalue weighted by molar-refractivity contribution is 5.55. The van der Waals surface area contributed by atoms with Gasteiger partial charge in [0.05, 0.1) is 0 Å². The Hall–Kier alpha value is -1.12. The molecule has 0 bridgehead atoms. The van der Waals surface area contributed by atoms with E-state index in [4.69, 9.17) is 0 Å². The molecule has 3 rings (SSSR count). The van der Waals surface area contributed by atoms with Gasteiger partial charge in [-0.3, -0.25) is 4.90 Å². The lowest BCUT2D eigenvalue weighted by Gasteiger charge is -2.36. The Balaban J connectivity index is 1.71. The fourth-order valence-corrected chi connectivity index (χ4v) is 3.00. The average Bonchev–Trinajstić information content (AvgIpc) is 2.62. The first-order valence-corrected chi connectivity index (χ1v) is 7.01. The van der Waals surface area contributed by atoms with Crippen molar-refractivity contribution in [2.24, 2.45) is 0 Å². The van der Waals surface area contributed by atoms with Crippen molar-refractivity contribution in [1.82, 2.24) is 9.80 Å². The summed E-state index contributed by atoms with van der Waals surface area (Å²) in [6.45, 7) is 4.83. The molecule has 1 aromatic rings. The van der Waals surface area contributed by atoms with Gasteiger partial charge >= 0.3 is 0 Å². The molecule has 0 aromatic heterocycles. The Kier molecular flexibility index (Phi) is 3.48. The quantitative estimate of drug-likeness (QED) is 0.745. The van der Waals surface area contributed by atoms with E-state index in [0.717, 1.165) is 0 Å². The second kappa shape index (κ2) is 5.25. The van der Waals surface area contributed by atoms with E-state index < -0.39 is 0 Å². The van der Waals surface area contributed by atoms with Gasteiger partial charge in [0.1, 0.15) is 0 Å². The zero-order valence-electron chi connectivity index (χ0n) is 11.2. The summed E-state index contributed by atoms with van der Waals surface area (Å²) >= 11 is 0. The van der Waals surface area contributed by atoms with Gasteiger partial charge in [0.15, 0.2) is 0 Å². The fourth-order valence-electron chi connectivity index (χ4n) is 3.00. The number of piperazine rings is 1. The van der Waals surface area contributed by atoms with Crippen molar-refractivity contribution in [3.8, 4) is 0 Å². The van der Waals surface area contributed by atoms with Crippen molar-refractivity contribution in [1.29, 1.82) is 0 Å². The maximum absolute atomic E-state index is 2.64. The summed E-state index contributed by atoms with van der Waals surface area (Å²) in [7, 11) is 2.22. The number of hydrogen-bond acceptors (Lipinski definition) is 2. The molecule has 1 aliphatic carbocycles. The van der Waals surface area contributed by atoms with Gasteiger partial charge in [-0.15, -0.1) is 0 Å². The average molecular weight is 242 g/mol. The molecule has 2 aliphatic rings. The predicted molar refractivity (Wildman–Crippen MR) is 76.7 cm³/mol. The molecule has 2 nitrogen and oxygen atoms in total. The van der Waals surface area contributed by atoms with Crippen molar-refractivity contribution in [3.05, 3.63) is 41.5 Å². The zero-order valence-corrected chi connectivity index (χ0v) is 11.2. The molecule has 0 spiro atoms. The van der Waals surface area contributed by atoms with Crippen LogP contribution >= 0.6 is 0 Å². The van der Waals surface area contributed by atoms with Crippen LogP contribution in [0.2, 0.25) is 0 Å². The van der Waals surface area contributed by atoms with E-state index in [1.807, 2.05) is 0 Å². The topological polar surface area (TPSA) is 6.48 Å². The summed E-state index contributed by atoms with van der Waals surface area (Å²) in [4.78, 5) is 5.06. The highest BCUT2D eigenvalue weighted by atomic mass is 15.3. The Labute approximate surface area is 110 Å². The van der Waals surface area contributed by atoms with Crippen LogP contribution in [0.25, 0.3) is 6.08 Å². The van der Waals surface area contributed by atoms with E-state index in [2.05, 4.69) is 53.3 Å². The summed E-state index contributed by atoms with van der Waals surface area (Å²) in [5.74, 6) is 0. The third kappa shape index (κ3) is 2.50. The van der Waals surface area contributed by atoms with Crippen LogP contribution in [0.15, 0.2) is 30.3 Å². The molecule has 0 amide bonds. The van der Waals surface area contributed by atoms with E-state index in [1.54, 1.807) is 0 Å². The van der Waals surface area contributed by atoms with Gasteiger partial charge in [-0.25, -0.2) is 0 Å². The van der Waals surface area contributed by atoms with E-state index in [9.17, 15) is 0 Å². The first-order chi connectivity index (χ1) is 8.83. The molecule has 1 aliphatic heterocycles. The number of nitrogens with zero attached hydrogens (tertiary/aromatic N) is 2. The molecule has 1 heterocycles. The van der Waals surface area contributed by atoms with Gasteiger partial charge in [0.2, 0.25) is 0 Å². The Bertz CT molecular complexity index is 430.